The van der Waals surface area contributed by atoms with Crippen molar-refractivity contribution in [1.29, 1.82) is 0 Å². The summed E-state index contributed by atoms with van der Waals surface area (Å²) < 4.78 is 34.1. The van der Waals surface area contributed by atoms with Crippen LogP contribution in [0.3, 0.4) is 0 Å². The second-order valence-corrected chi connectivity index (χ2v) is 18.0. The van der Waals surface area contributed by atoms with Crippen molar-refractivity contribution >= 4 is 48.3 Å². The summed E-state index contributed by atoms with van der Waals surface area (Å²) in [5.74, 6) is 0.734. The number of aromatic nitrogens is 2. The Morgan fingerprint density at radius 1 is 0.759 bits per heavy atom. The molecule has 3 saturated heterocycles. The molecule has 0 saturated carbocycles. The van der Waals surface area contributed by atoms with Crippen molar-refractivity contribution in [3.63, 3.8) is 0 Å². The van der Waals surface area contributed by atoms with Crippen LogP contribution in [-0.4, -0.2) is 113 Å². The van der Waals surface area contributed by atoms with E-state index in [0.29, 0.717) is 72.4 Å². The summed E-state index contributed by atoms with van der Waals surface area (Å²) in [5, 5.41) is 6.09. The summed E-state index contributed by atoms with van der Waals surface area (Å²) in [4.78, 5) is 60.5. The van der Waals surface area contributed by atoms with E-state index in [-0.39, 0.29) is 37.0 Å². The summed E-state index contributed by atoms with van der Waals surface area (Å²) in [6.45, 7) is 20.0. The van der Waals surface area contributed by atoms with Crippen molar-refractivity contribution in [3.05, 3.63) is 40.5 Å². The number of methoxy groups -OCH3 is 2. The fourth-order valence-electron chi connectivity index (χ4n) is 6.25. The number of rotatable bonds is 11. The van der Waals surface area contributed by atoms with Gasteiger partial charge in [-0.05, 0) is 100 Å². The average molecular weight is 831 g/mol. The SMILES string of the molecule is COc1nc(B2OC(C)(C)C(C)(C)O2)ccc1CN(C[C@@H]1CCC(=O)N1)C(=O)OC(C)(C)C.COc1nc(Cl)ccc1CN(C[C@@H]1CCC(=O)N1)C(=O)OC(C)(C)C. The third-order valence-corrected chi connectivity index (χ3v) is 10.0. The normalized spacial score (nSPS) is 19.7. The Balaban J connectivity index is 0.000000267. The Labute approximate surface area is 347 Å². The Morgan fingerprint density at radius 2 is 1.17 bits per heavy atom. The van der Waals surface area contributed by atoms with Gasteiger partial charge in [0.05, 0.1) is 44.1 Å². The first-order valence-electron chi connectivity index (χ1n) is 19.5. The number of carbonyl (C=O) groups excluding carboxylic acids is 4. The number of hydrogen-bond donors (Lipinski definition) is 2. The molecule has 3 fully saturated rings. The molecule has 320 valence electrons. The van der Waals surface area contributed by atoms with Gasteiger partial charge in [-0.15, -0.1) is 0 Å². The zero-order valence-corrected chi connectivity index (χ0v) is 36.7. The van der Waals surface area contributed by atoms with Crippen LogP contribution in [0.4, 0.5) is 9.59 Å². The van der Waals surface area contributed by atoms with E-state index in [0.717, 1.165) is 0 Å². The van der Waals surface area contributed by atoms with Crippen molar-refractivity contribution in [2.75, 3.05) is 27.3 Å². The van der Waals surface area contributed by atoms with Crippen LogP contribution >= 0.6 is 11.6 Å². The summed E-state index contributed by atoms with van der Waals surface area (Å²) in [5.41, 5.74) is -0.195. The summed E-state index contributed by atoms with van der Waals surface area (Å²) in [7, 11) is 2.42. The highest BCUT2D eigenvalue weighted by atomic mass is 35.5. The Hall–Kier alpha value is -4.35. The fraction of sp³-hybridized carbons (Fsp3) is 0.650. The van der Waals surface area contributed by atoms with Gasteiger partial charge >= 0.3 is 19.3 Å². The van der Waals surface area contributed by atoms with Gasteiger partial charge in [0.1, 0.15) is 16.4 Å². The highest BCUT2D eigenvalue weighted by Gasteiger charge is 2.52. The van der Waals surface area contributed by atoms with Gasteiger partial charge in [0.25, 0.3) is 0 Å². The standard InChI is InChI=1S/C23H36BN3O6.C17H24ClN3O4/c1-21(2,3)31-20(29)27(14-16-10-12-18(28)25-16)13-15-9-11-17(26-19(15)30-8)24-32-22(4,5)23(6,7)33-24;1-17(2,3)25-16(23)21(10-12-6-8-14(22)19-12)9-11-5-7-13(18)20-15(11)24-4/h9,11,16H,10,12-14H2,1-8H3,(H,25,28);5,7,12H,6,8-10H2,1-4H3,(H,19,22)/t16-;12-/m00/s1. The van der Waals surface area contributed by atoms with E-state index in [1.54, 1.807) is 21.9 Å². The van der Waals surface area contributed by atoms with Gasteiger partial charge in [-0.2, -0.15) is 0 Å². The molecule has 18 heteroatoms. The zero-order chi connectivity index (χ0) is 43.2. The lowest BCUT2D eigenvalue weighted by atomic mass is 9.84. The van der Waals surface area contributed by atoms with Crippen LogP contribution < -0.4 is 25.7 Å². The number of amides is 4. The van der Waals surface area contributed by atoms with Crippen molar-refractivity contribution < 1.29 is 47.4 Å². The molecule has 0 aliphatic carbocycles. The minimum Gasteiger partial charge on any atom is -0.481 e. The molecule has 2 atom stereocenters. The van der Waals surface area contributed by atoms with Gasteiger partial charge in [0.15, 0.2) is 0 Å². The van der Waals surface area contributed by atoms with Crippen LogP contribution in [0.15, 0.2) is 24.3 Å². The maximum Gasteiger partial charge on any atom is 0.514 e. The van der Waals surface area contributed by atoms with Crippen LogP contribution in [0.25, 0.3) is 0 Å². The number of ether oxygens (including phenoxy) is 4. The van der Waals surface area contributed by atoms with E-state index in [9.17, 15) is 19.2 Å². The molecule has 0 spiro atoms. The molecule has 2 aromatic heterocycles. The second kappa shape index (κ2) is 18.7. The van der Waals surface area contributed by atoms with E-state index in [1.165, 1.54) is 14.2 Å². The van der Waals surface area contributed by atoms with Gasteiger partial charge < -0.3 is 48.7 Å². The number of pyridine rings is 2. The molecule has 3 aliphatic rings. The summed E-state index contributed by atoms with van der Waals surface area (Å²) in [6, 6.07) is 6.88. The molecule has 0 aromatic carbocycles. The quantitative estimate of drug-likeness (QED) is 0.225. The maximum absolute atomic E-state index is 12.9. The first-order valence-corrected chi connectivity index (χ1v) is 19.9. The lowest BCUT2D eigenvalue weighted by Gasteiger charge is -2.32. The molecule has 2 N–H and O–H groups in total. The molecular weight excluding hydrogens is 771 g/mol. The Kier molecular flexibility index (Phi) is 15.0. The molecule has 5 rings (SSSR count). The van der Waals surface area contributed by atoms with E-state index < -0.39 is 41.7 Å². The molecule has 58 heavy (non-hydrogen) atoms. The number of halogens is 1. The Bertz CT molecular complexity index is 1780. The van der Waals surface area contributed by atoms with E-state index in [1.807, 2.05) is 81.4 Å². The van der Waals surface area contributed by atoms with Crippen LogP contribution in [0.5, 0.6) is 11.8 Å². The fourth-order valence-corrected chi connectivity index (χ4v) is 6.39. The van der Waals surface area contributed by atoms with Crippen molar-refractivity contribution in [1.82, 2.24) is 30.4 Å². The number of nitrogens with one attached hydrogen (secondary N) is 2. The second-order valence-electron chi connectivity index (χ2n) is 17.6. The highest BCUT2D eigenvalue weighted by Crippen LogP contribution is 2.36. The minimum absolute atomic E-state index is 0.000112. The summed E-state index contributed by atoms with van der Waals surface area (Å²) >= 11 is 5.89. The lowest BCUT2D eigenvalue weighted by molar-refractivity contribution is -0.120. The number of carbonyl (C=O) groups is 4. The molecule has 3 aliphatic heterocycles. The van der Waals surface area contributed by atoms with Crippen LogP contribution in [-0.2, 0) is 41.5 Å². The molecular formula is C40H60BClN6O10. The molecule has 2 aromatic rings. The van der Waals surface area contributed by atoms with Crippen LogP contribution in [0.2, 0.25) is 5.15 Å². The van der Waals surface area contributed by atoms with Crippen LogP contribution in [0.1, 0.15) is 106 Å². The summed E-state index contributed by atoms with van der Waals surface area (Å²) in [6.07, 6.45) is 1.38. The Morgan fingerprint density at radius 3 is 1.55 bits per heavy atom. The van der Waals surface area contributed by atoms with Crippen LogP contribution in [0, 0.1) is 0 Å². The van der Waals surface area contributed by atoms with E-state index >= 15 is 0 Å². The third kappa shape index (κ3) is 13.1. The average Bonchev–Trinajstić information content (AvgIpc) is 3.78. The minimum atomic E-state index is -0.642. The largest absolute Gasteiger partial charge is 0.514 e. The molecule has 0 radical (unpaired) electrons. The first kappa shape index (κ1) is 46.3. The van der Waals surface area contributed by atoms with Gasteiger partial charge in [-0.3, -0.25) is 9.59 Å². The monoisotopic (exact) mass is 830 g/mol. The van der Waals surface area contributed by atoms with Crippen molar-refractivity contribution in [3.8, 4) is 11.8 Å². The lowest BCUT2D eigenvalue weighted by Crippen LogP contribution is -2.44. The van der Waals surface area contributed by atoms with Crippen molar-refractivity contribution in [2.45, 2.75) is 142 Å². The highest BCUT2D eigenvalue weighted by molar-refractivity contribution is 6.61. The first-order chi connectivity index (χ1) is 26.9. The number of hydrogen-bond acceptors (Lipinski definition) is 12. The van der Waals surface area contributed by atoms with E-state index in [2.05, 4.69) is 20.6 Å². The smallest absolute Gasteiger partial charge is 0.481 e. The van der Waals surface area contributed by atoms with Gasteiger partial charge in [-0.25, -0.2) is 19.6 Å². The third-order valence-electron chi connectivity index (χ3n) is 9.82. The predicted molar refractivity (Wildman–Crippen MR) is 218 cm³/mol. The maximum atomic E-state index is 12.9. The predicted octanol–water partition coefficient (Wildman–Crippen LogP) is 5.16. The molecule has 4 amide bonds. The molecule has 0 unspecified atom stereocenters. The van der Waals surface area contributed by atoms with E-state index in [4.69, 9.17) is 39.9 Å². The molecule has 16 nitrogen and oxygen atoms in total. The van der Waals surface area contributed by atoms with Gasteiger partial charge in [0, 0.05) is 49.1 Å². The zero-order valence-electron chi connectivity index (χ0n) is 35.9. The van der Waals surface area contributed by atoms with Crippen molar-refractivity contribution in [2.24, 2.45) is 0 Å². The van der Waals surface area contributed by atoms with Gasteiger partial charge in [0.2, 0.25) is 23.6 Å². The molecule has 0 bridgehead atoms. The molecule has 5 heterocycles. The number of nitrogens with zero attached hydrogens (tertiary/aromatic N) is 4. The van der Waals surface area contributed by atoms with Gasteiger partial charge in [-0.1, -0.05) is 17.7 Å². The topological polar surface area (TPSA) is 180 Å².